The fourth-order valence-corrected chi connectivity index (χ4v) is 7.42. The Bertz CT molecular complexity index is 2840. The molecule has 6 aromatic rings. The van der Waals surface area contributed by atoms with Crippen molar-refractivity contribution in [2.45, 2.75) is 83.1 Å². The zero-order valence-corrected chi connectivity index (χ0v) is 42.6. The first-order valence-corrected chi connectivity index (χ1v) is 23.8. The van der Waals surface area contributed by atoms with E-state index in [2.05, 4.69) is 65.6 Å². The van der Waals surface area contributed by atoms with Gasteiger partial charge in [-0.15, -0.1) is 5.10 Å². The van der Waals surface area contributed by atoms with Crippen LogP contribution < -0.4 is 10.5 Å². The Balaban J connectivity index is 0.000000243. The number of primary sulfonamides is 1. The number of thiol groups is 1. The first-order chi connectivity index (χ1) is 32.5. The van der Waals surface area contributed by atoms with Gasteiger partial charge in [-0.2, -0.15) is 0 Å². The molecule has 1 atom stereocenters. The molecule has 0 spiro atoms. The minimum absolute atomic E-state index is 0.0972. The third-order valence-electron chi connectivity index (χ3n) is 9.36. The molecule has 7 rings (SSSR count). The standard InChI is InChI=1S/C24H20N6O2S.C11H14BrNO4.C11H19NO4.BHNS/c25-33(31,32)20-13-19(15-26-16-20)23-28-24(27-14-17-7-3-1-4-8-17)22-21(11-12-30(22)29-23)18-9-5-2-6-10-18;1-11(2,3)17-10(15)13-6-5-7(12)8(13)9(14)16-4;1-11(2,3)16-10(14)12-7-5-6-8(12)9(13)15-4;1-2-3/h1-13,15-16H,14H2,(H2,25,31,32)(H,27,28,29);5-6H,1-4H3;8H,5-7H2,1-4H3;3H. The van der Waals surface area contributed by atoms with Gasteiger partial charge in [-0.25, -0.2) is 46.8 Å². The summed E-state index contributed by atoms with van der Waals surface area (Å²) in [5.74, 6) is -0.0314. The molecule has 1 aliphatic heterocycles. The van der Waals surface area contributed by atoms with Crippen molar-refractivity contribution in [2.75, 3.05) is 26.1 Å². The molecule has 1 fully saturated rings. The van der Waals surface area contributed by atoms with Crippen molar-refractivity contribution in [3.63, 3.8) is 0 Å². The number of fused-ring (bicyclic) bond motifs is 1. The monoisotopic (exact) mass is 1050 g/mol. The van der Waals surface area contributed by atoms with Crippen LogP contribution in [-0.2, 0) is 40.3 Å². The summed E-state index contributed by atoms with van der Waals surface area (Å²) in [6, 6.07) is 24.5. The van der Waals surface area contributed by atoms with Crippen LogP contribution in [0.5, 0.6) is 0 Å². The van der Waals surface area contributed by atoms with Crippen LogP contribution in [0.1, 0.15) is 70.4 Å². The average Bonchev–Trinajstić information content (AvgIpc) is 4.07. The van der Waals surface area contributed by atoms with Crippen LogP contribution in [0, 0.1) is 0 Å². The van der Waals surface area contributed by atoms with Gasteiger partial charge in [-0.3, -0.25) is 9.88 Å². The van der Waals surface area contributed by atoms with Crippen molar-refractivity contribution < 1.29 is 46.5 Å². The molecular formula is C46H54BBrN9O10S2. The maximum atomic E-state index is 11.8. The van der Waals surface area contributed by atoms with Crippen LogP contribution in [0.4, 0.5) is 15.4 Å². The molecule has 0 saturated carbocycles. The van der Waals surface area contributed by atoms with E-state index in [1.165, 1.54) is 43.8 Å². The Morgan fingerprint density at radius 1 is 0.884 bits per heavy atom. The average molecular weight is 1050 g/mol. The molecule has 5 heterocycles. The number of benzene rings is 2. The fourth-order valence-electron chi connectivity index (χ4n) is 6.45. The van der Waals surface area contributed by atoms with Crippen LogP contribution in [0.2, 0.25) is 0 Å². The van der Waals surface area contributed by atoms with Crippen molar-refractivity contribution >= 4 is 81.9 Å². The van der Waals surface area contributed by atoms with Gasteiger partial charge in [0.2, 0.25) is 10.0 Å². The van der Waals surface area contributed by atoms with Gasteiger partial charge in [-0.1, -0.05) is 60.7 Å². The number of pyridine rings is 1. The van der Waals surface area contributed by atoms with Gasteiger partial charge in [0, 0.05) is 49.0 Å². The molecule has 23 heteroatoms. The molecular weight excluding hydrogens is 993 g/mol. The van der Waals surface area contributed by atoms with E-state index in [-0.39, 0.29) is 16.6 Å². The Hall–Kier alpha value is -6.43. The zero-order chi connectivity index (χ0) is 51.1. The molecule has 0 aliphatic carbocycles. The second kappa shape index (κ2) is 24.7. The summed E-state index contributed by atoms with van der Waals surface area (Å²) in [5.41, 5.74) is 3.33. The SMILES string of the molecule is COC(=O)C1CCCN1C(=O)OC(C)(C)C.COC(=O)c1c(Br)ccn1C(=O)OC(C)(C)C.NS(=O)(=O)c1cncc(-c2nc(NCc3ccccc3)c3c(-c4ccccc4)ccn3n2)c1.[B]=NS. The predicted octanol–water partition coefficient (Wildman–Crippen LogP) is 8.28. The van der Waals surface area contributed by atoms with Gasteiger partial charge in [0.25, 0.3) is 0 Å². The van der Waals surface area contributed by atoms with E-state index in [1.807, 2.05) is 72.9 Å². The zero-order valence-electron chi connectivity index (χ0n) is 39.3. The third kappa shape index (κ3) is 16.1. The molecule has 69 heavy (non-hydrogen) atoms. The Labute approximate surface area is 415 Å². The number of hydrogen-bond donors (Lipinski definition) is 3. The van der Waals surface area contributed by atoms with Gasteiger partial charge in [0.05, 0.1) is 18.7 Å². The van der Waals surface area contributed by atoms with Crippen molar-refractivity contribution in [1.29, 1.82) is 0 Å². The van der Waals surface area contributed by atoms with Crippen LogP contribution >= 0.6 is 28.7 Å². The summed E-state index contributed by atoms with van der Waals surface area (Å²) < 4.78 is 49.3. The molecule has 2 aromatic carbocycles. The molecule has 4 aromatic heterocycles. The number of anilines is 1. The minimum atomic E-state index is -3.90. The molecule has 1 saturated heterocycles. The molecule has 1 amide bonds. The summed E-state index contributed by atoms with van der Waals surface area (Å²) in [5, 5.41) is 13.3. The molecule has 3 N–H and O–H groups in total. The van der Waals surface area contributed by atoms with Crippen molar-refractivity contribution in [3.05, 3.63) is 119 Å². The van der Waals surface area contributed by atoms with Crippen LogP contribution in [-0.4, -0.2) is 107 Å². The number of carbonyl (C=O) groups is 4. The van der Waals surface area contributed by atoms with Gasteiger partial charge in [-0.05, 0) is 99.6 Å². The number of carbonyl (C=O) groups excluding carboxylic acids is 4. The summed E-state index contributed by atoms with van der Waals surface area (Å²) in [6.07, 6.45) is 6.40. The Morgan fingerprint density at radius 2 is 1.49 bits per heavy atom. The number of nitrogens with two attached hydrogens (primary N) is 1. The van der Waals surface area contributed by atoms with E-state index in [0.717, 1.165) is 33.2 Å². The van der Waals surface area contributed by atoms with E-state index in [1.54, 1.807) is 52.1 Å². The summed E-state index contributed by atoms with van der Waals surface area (Å²) in [4.78, 5) is 56.7. The second-order valence-electron chi connectivity index (χ2n) is 16.8. The molecule has 1 unspecified atom stereocenters. The fraction of sp³-hybridized carbons (Fsp3) is 0.326. The number of amides is 1. The number of sulfonamides is 1. The number of nitrogens with one attached hydrogen (secondary N) is 1. The summed E-state index contributed by atoms with van der Waals surface area (Å²) in [7, 11) is 3.01. The number of methoxy groups -OCH3 is 2. The van der Waals surface area contributed by atoms with E-state index in [0.29, 0.717) is 41.2 Å². The third-order valence-corrected chi connectivity index (χ3v) is 10.9. The first-order valence-electron chi connectivity index (χ1n) is 21.0. The first kappa shape index (κ1) is 55.2. The maximum absolute atomic E-state index is 11.8. The van der Waals surface area contributed by atoms with E-state index in [9.17, 15) is 27.6 Å². The number of nitrogens with zero attached hydrogens (tertiary/aromatic N) is 7. The van der Waals surface area contributed by atoms with Crippen molar-refractivity contribution in [3.8, 4) is 22.5 Å². The van der Waals surface area contributed by atoms with E-state index in [4.69, 9.17) is 19.6 Å². The number of likely N-dealkylation sites (tertiary alicyclic amines) is 1. The van der Waals surface area contributed by atoms with E-state index < -0.39 is 45.4 Å². The van der Waals surface area contributed by atoms with E-state index >= 15 is 0 Å². The van der Waals surface area contributed by atoms with Crippen molar-refractivity contribution in [1.82, 2.24) is 29.0 Å². The van der Waals surface area contributed by atoms with Crippen LogP contribution in [0.3, 0.4) is 0 Å². The number of ether oxygens (including phenoxy) is 4. The summed E-state index contributed by atoms with van der Waals surface area (Å²) >= 11 is 6.37. The summed E-state index contributed by atoms with van der Waals surface area (Å²) in [6.45, 7) is 11.8. The normalized spacial score (nSPS) is 13.2. The van der Waals surface area contributed by atoms with Gasteiger partial charge in [0.1, 0.15) is 27.7 Å². The van der Waals surface area contributed by atoms with Gasteiger partial charge in [0.15, 0.2) is 17.3 Å². The quantitative estimate of drug-likeness (QED) is 0.0563. The molecule has 1 radical (unpaired) electrons. The number of aromatic nitrogens is 5. The number of halogens is 1. The Kier molecular flexibility index (Phi) is 19.8. The molecule has 0 bridgehead atoms. The number of esters is 2. The predicted molar refractivity (Wildman–Crippen MR) is 267 cm³/mol. The number of hydrogen-bond acceptors (Lipinski definition) is 16. The second-order valence-corrected chi connectivity index (χ2v) is 19.4. The molecule has 1 aliphatic rings. The molecule has 365 valence electrons. The molecule has 19 nitrogen and oxygen atoms in total. The van der Waals surface area contributed by atoms with Gasteiger partial charge >= 0.3 is 48.9 Å². The van der Waals surface area contributed by atoms with Crippen molar-refractivity contribution in [2.24, 2.45) is 9.44 Å². The number of rotatable bonds is 8. The van der Waals surface area contributed by atoms with Crippen LogP contribution in [0.25, 0.3) is 28.0 Å². The van der Waals surface area contributed by atoms with Gasteiger partial charge < -0.3 is 24.3 Å². The topological polar surface area (TPSA) is 241 Å². The Morgan fingerprint density at radius 3 is 2.07 bits per heavy atom. The van der Waals surface area contributed by atoms with Crippen LogP contribution in [0.15, 0.2) is 117 Å².